The summed E-state index contributed by atoms with van der Waals surface area (Å²) in [4.78, 5) is 12.7. The van der Waals surface area contributed by atoms with Crippen molar-refractivity contribution in [3.63, 3.8) is 0 Å². The first kappa shape index (κ1) is 23.5. The van der Waals surface area contributed by atoms with Crippen molar-refractivity contribution in [1.82, 2.24) is 0 Å². The molecule has 3 aromatic rings. The molecule has 0 spiro atoms. The van der Waals surface area contributed by atoms with Gasteiger partial charge in [-0.15, -0.1) is 0 Å². The molecule has 0 heterocycles. The predicted molar refractivity (Wildman–Crippen MR) is 129 cm³/mol. The second-order valence-corrected chi connectivity index (χ2v) is 9.79. The number of ketones is 1. The summed E-state index contributed by atoms with van der Waals surface area (Å²) in [7, 11) is -3.98. The Hall–Kier alpha value is -3.18. The quantitative estimate of drug-likeness (QED) is 0.238. The van der Waals surface area contributed by atoms with E-state index in [1.807, 2.05) is 31.2 Å². The predicted octanol–water partition coefficient (Wildman–Crippen LogP) is 6.40. The van der Waals surface area contributed by atoms with Gasteiger partial charge >= 0.3 is 10.1 Å². The number of hydrogen-bond acceptors (Lipinski definition) is 4. The summed E-state index contributed by atoms with van der Waals surface area (Å²) >= 11 is 0. The normalized spacial score (nSPS) is 11.8. The molecule has 0 aliphatic heterocycles. The number of allylic oxidation sites excluding steroid dienone is 1. The molecule has 3 rings (SSSR count). The van der Waals surface area contributed by atoms with Crippen molar-refractivity contribution >= 4 is 22.0 Å². The van der Waals surface area contributed by atoms with Crippen molar-refractivity contribution in [2.45, 2.75) is 45.4 Å². The van der Waals surface area contributed by atoms with Gasteiger partial charge in [0.15, 0.2) is 5.78 Å². The van der Waals surface area contributed by atoms with Crippen LogP contribution in [0, 0.1) is 20.8 Å². The minimum Gasteiger partial charge on any atom is -0.379 e. The molecule has 0 N–H and O–H groups in total. The molecule has 32 heavy (non-hydrogen) atoms. The first-order valence-electron chi connectivity index (χ1n) is 10.5. The lowest BCUT2D eigenvalue weighted by Gasteiger charge is -2.13. The van der Waals surface area contributed by atoms with Crippen LogP contribution in [0.5, 0.6) is 5.75 Å². The summed E-state index contributed by atoms with van der Waals surface area (Å²) in [6.07, 6.45) is 3.28. The zero-order valence-corrected chi connectivity index (χ0v) is 19.9. The summed E-state index contributed by atoms with van der Waals surface area (Å²) in [5.41, 5.74) is 4.91. The van der Waals surface area contributed by atoms with E-state index in [-0.39, 0.29) is 16.4 Å². The molecule has 0 bridgehead atoms. The number of carbonyl (C=O) groups is 1. The molecule has 0 saturated carbocycles. The SMILES string of the molecule is Cc1cc(C)c(S(=O)(=O)Oc2ccc(C(=O)C=Cc3ccc(C(C)C)cc3)cc2)c(C)c1. The molecule has 0 atom stereocenters. The first-order chi connectivity index (χ1) is 15.1. The van der Waals surface area contributed by atoms with E-state index >= 15 is 0 Å². The minimum absolute atomic E-state index is 0.161. The lowest BCUT2D eigenvalue weighted by molar-refractivity contribution is 0.104. The van der Waals surface area contributed by atoms with Gasteiger partial charge < -0.3 is 4.18 Å². The van der Waals surface area contributed by atoms with Gasteiger partial charge in [-0.3, -0.25) is 4.79 Å². The Kier molecular flexibility index (Phi) is 6.99. The van der Waals surface area contributed by atoms with Crippen LogP contribution >= 0.6 is 0 Å². The standard InChI is InChI=1S/C27H28O4S/c1-18(2)23-9-6-22(7-10-23)8-15-26(28)24-11-13-25(14-12-24)31-32(29,30)27-20(4)16-19(3)17-21(27)5/h6-18H,1-5H3. The minimum atomic E-state index is -3.98. The maximum atomic E-state index is 12.8. The van der Waals surface area contributed by atoms with E-state index in [0.29, 0.717) is 22.6 Å². The van der Waals surface area contributed by atoms with Gasteiger partial charge in [0, 0.05) is 5.56 Å². The van der Waals surface area contributed by atoms with Gasteiger partial charge in [0.05, 0.1) is 0 Å². The fourth-order valence-electron chi connectivity index (χ4n) is 3.66. The van der Waals surface area contributed by atoms with Gasteiger partial charge in [-0.1, -0.05) is 61.9 Å². The van der Waals surface area contributed by atoms with Gasteiger partial charge in [-0.05, 0) is 79.3 Å². The van der Waals surface area contributed by atoms with E-state index in [1.54, 1.807) is 32.1 Å². The van der Waals surface area contributed by atoms with Crippen LogP contribution in [0.4, 0.5) is 0 Å². The summed E-state index contributed by atoms with van der Waals surface area (Å²) in [5, 5.41) is 0. The molecule has 0 saturated heterocycles. The highest BCUT2D eigenvalue weighted by atomic mass is 32.2. The van der Waals surface area contributed by atoms with Crippen molar-refractivity contribution in [3.05, 3.63) is 100 Å². The van der Waals surface area contributed by atoms with E-state index < -0.39 is 10.1 Å². The lowest BCUT2D eigenvalue weighted by Crippen LogP contribution is -2.13. The molecular weight excluding hydrogens is 420 g/mol. The zero-order valence-electron chi connectivity index (χ0n) is 19.0. The monoisotopic (exact) mass is 448 g/mol. The van der Waals surface area contributed by atoms with Crippen LogP contribution in [0.2, 0.25) is 0 Å². The fourth-order valence-corrected chi connectivity index (χ4v) is 5.02. The molecule has 0 unspecified atom stereocenters. The molecule has 0 aliphatic rings. The molecule has 5 heteroatoms. The molecule has 4 nitrogen and oxygen atoms in total. The number of hydrogen-bond donors (Lipinski definition) is 0. The Bertz CT molecular complexity index is 1230. The molecule has 0 fully saturated rings. The zero-order chi connectivity index (χ0) is 23.5. The largest absolute Gasteiger partial charge is 0.379 e. The van der Waals surface area contributed by atoms with Crippen LogP contribution in [-0.2, 0) is 10.1 Å². The third-order valence-electron chi connectivity index (χ3n) is 5.23. The van der Waals surface area contributed by atoms with Crippen LogP contribution in [0.15, 0.2) is 71.6 Å². The molecule has 166 valence electrons. The maximum absolute atomic E-state index is 12.8. The van der Waals surface area contributed by atoms with Crippen molar-refractivity contribution in [2.75, 3.05) is 0 Å². The summed E-state index contributed by atoms with van der Waals surface area (Å²) in [6.45, 7) is 9.69. The van der Waals surface area contributed by atoms with Gasteiger partial charge in [-0.2, -0.15) is 8.42 Å². The van der Waals surface area contributed by atoms with Gasteiger partial charge in [0.1, 0.15) is 10.6 Å². The first-order valence-corrected chi connectivity index (χ1v) is 11.9. The van der Waals surface area contributed by atoms with Crippen LogP contribution < -0.4 is 4.18 Å². The molecule has 0 radical (unpaired) electrons. The topological polar surface area (TPSA) is 60.4 Å². The Labute approximate surface area is 190 Å². The van der Waals surface area contributed by atoms with E-state index in [1.165, 1.54) is 23.8 Å². The Balaban J connectivity index is 1.72. The highest BCUT2D eigenvalue weighted by molar-refractivity contribution is 7.87. The average molecular weight is 449 g/mol. The van der Waals surface area contributed by atoms with Crippen LogP contribution in [0.3, 0.4) is 0 Å². The second-order valence-electron chi connectivity index (χ2n) is 8.31. The highest BCUT2D eigenvalue weighted by Crippen LogP contribution is 2.26. The molecular formula is C27H28O4S. The van der Waals surface area contributed by atoms with Crippen LogP contribution in [0.1, 0.15) is 57.9 Å². The van der Waals surface area contributed by atoms with Crippen molar-refractivity contribution in [3.8, 4) is 5.75 Å². The molecule has 0 amide bonds. The number of aryl methyl sites for hydroxylation is 3. The number of benzene rings is 3. The van der Waals surface area contributed by atoms with Crippen molar-refractivity contribution in [1.29, 1.82) is 0 Å². The number of rotatable bonds is 7. The second kappa shape index (κ2) is 9.53. The van der Waals surface area contributed by atoms with Crippen molar-refractivity contribution < 1.29 is 17.4 Å². The third kappa shape index (κ3) is 5.54. The highest BCUT2D eigenvalue weighted by Gasteiger charge is 2.22. The maximum Gasteiger partial charge on any atom is 0.339 e. The van der Waals surface area contributed by atoms with Gasteiger partial charge in [0.2, 0.25) is 0 Å². The summed E-state index contributed by atoms with van der Waals surface area (Å²) < 4.78 is 30.9. The molecule has 3 aromatic carbocycles. The van der Waals surface area contributed by atoms with E-state index in [4.69, 9.17) is 4.18 Å². The third-order valence-corrected chi connectivity index (χ3v) is 6.79. The Morgan fingerprint density at radius 1 is 0.875 bits per heavy atom. The molecule has 0 aromatic heterocycles. The summed E-state index contributed by atoms with van der Waals surface area (Å²) in [6, 6.07) is 17.8. The van der Waals surface area contributed by atoms with Gasteiger partial charge in [0.25, 0.3) is 0 Å². The Morgan fingerprint density at radius 3 is 1.97 bits per heavy atom. The average Bonchev–Trinajstić information content (AvgIpc) is 2.71. The van der Waals surface area contributed by atoms with Gasteiger partial charge in [-0.25, -0.2) is 0 Å². The molecule has 0 aliphatic carbocycles. The van der Waals surface area contributed by atoms with E-state index in [9.17, 15) is 13.2 Å². The van der Waals surface area contributed by atoms with E-state index in [0.717, 1.165) is 11.1 Å². The summed E-state index contributed by atoms with van der Waals surface area (Å²) in [5.74, 6) is 0.449. The van der Waals surface area contributed by atoms with Crippen LogP contribution in [-0.4, -0.2) is 14.2 Å². The van der Waals surface area contributed by atoms with Crippen LogP contribution in [0.25, 0.3) is 6.08 Å². The van der Waals surface area contributed by atoms with Crippen molar-refractivity contribution in [2.24, 2.45) is 0 Å². The Morgan fingerprint density at radius 2 is 1.44 bits per heavy atom. The number of carbonyl (C=O) groups excluding carboxylic acids is 1. The van der Waals surface area contributed by atoms with E-state index in [2.05, 4.69) is 26.0 Å². The lowest BCUT2D eigenvalue weighted by atomic mass is 10.0. The fraction of sp³-hybridized carbons (Fsp3) is 0.222. The smallest absolute Gasteiger partial charge is 0.339 e.